The monoisotopic (exact) mass is 1270 g/mol. The number of H-pyrrole nitrogens is 1. The largest absolute Gasteiger partial charge is 0.396 e. The highest BCUT2D eigenvalue weighted by molar-refractivity contribution is 5.98. The number of rotatable bonds is 53. The number of hydrogen-bond donors (Lipinski definition) is 10. The summed E-state index contributed by atoms with van der Waals surface area (Å²) in [6, 6.07) is 4.66. The lowest BCUT2D eigenvalue weighted by Crippen LogP contribution is -2.49. The van der Waals surface area contributed by atoms with Crippen LogP contribution in [0.25, 0.3) is 0 Å². The summed E-state index contributed by atoms with van der Waals surface area (Å²) in [5.41, 5.74) is 23.8. The number of nitrogens with one attached hydrogen (secondary N) is 5. The predicted octanol–water partition coefficient (Wildman–Crippen LogP) is 7.74. The summed E-state index contributed by atoms with van der Waals surface area (Å²) in [6.45, 7) is 14.8. The molecule has 0 aliphatic carbocycles. The molecule has 0 aliphatic rings. The fourth-order valence-electron chi connectivity index (χ4n) is 11.3. The van der Waals surface area contributed by atoms with Crippen LogP contribution in [0.3, 0.4) is 0 Å². The highest BCUT2D eigenvalue weighted by Gasteiger charge is 2.35. The lowest BCUT2D eigenvalue weighted by Gasteiger charge is -2.27. The number of aromatic amines is 1. The van der Waals surface area contributed by atoms with E-state index in [0.29, 0.717) is 24.1 Å². The Morgan fingerprint density at radius 3 is 1.53 bits per heavy atom. The first-order chi connectivity index (χ1) is 43.3. The number of guanidine groups is 2. The molecule has 0 unspecified atom stereocenters. The topological polar surface area (TPSA) is 379 Å². The van der Waals surface area contributed by atoms with E-state index in [0.717, 1.165) is 25.7 Å². The summed E-state index contributed by atoms with van der Waals surface area (Å²) in [4.78, 5) is 142. The van der Waals surface area contributed by atoms with E-state index in [2.05, 4.69) is 48.1 Å². The van der Waals surface area contributed by atoms with Crippen LogP contribution in [0, 0.1) is 41.4 Å². The number of carbonyl (C=O) groups excluding carboxylic acids is 9. The Labute approximate surface area is 542 Å². The van der Waals surface area contributed by atoms with Crippen LogP contribution in [0.1, 0.15) is 227 Å². The lowest BCUT2D eigenvalue weighted by molar-refractivity contribution is -0.136. The van der Waals surface area contributed by atoms with Gasteiger partial charge in [-0.3, -0.25) is 53.1 Å². The summed E-state index contributed by atoms with van der Waals surface area (Å²) >= 11 is 0. The van der Waals surface area contributed by atoms with Crippen LogP contribution in [0.4, 0.5) is 0 Å². The maximum atomic E-state index is 14.7. The molecule has 0 bridgehead atoms. The summed E-state index contributed by atoms with van der Waals surface area (Å²) in [5, 5.41) is 21.2. The minimum Gasteiger partial charge on any atom is -0.396 e. The molecule has 22 nitrogen and oxygen atoms in total. The van der Waals surface area contributed by atoms with Gasteiger partial charge in [-0.05, 0) is 81.6 Å². The number of imidazole rings is 1. The average molecular weight is 1270 g/mol. The Kier molecular flexibility index (Phi) is 40.8. The van der Waals surface area contributed by atoms with Crippen molar-refractivity contribution in [2.24, 2.45) is 74.3 Å². The smallest absolute Gasteiger partial charge is 0.224 e. The second-order valence-electron chi connectivity index (χ2n) is 26.2. The van der Waals surface area contributed by atoms with Crippen LogP contribution >= 0.6 is 0 Å². The van der Waals surface area contributed by atoms with Crippen molar-refractivity contribution in [2.75, 3.05) is 19.7 Å². The Bertz CT molecular complexity index is 2530. The molecule has 22 heteroatoms. The number of benzene rings is 1. The van der Waals surface area contributed by atoms with Crippen LogP contribution in [0.15, 0.2) is 52.8 Å². The Balaban J connectivity index is 2.30. The third-order valence-corrected chi connectivity index (χ3v) is 16.5. The van der Waals surface area contributed by atoms with Crippen molar-refractivity contribution >= 4 is 64.5 Å². The van der Waals surface area contributed by atoms with Gasteiger partial charge in [0.05, 0.1) is 30.5 Å². The molecule has 1 aromatic carbocycles. The molecule has 14 N–H and O–H groups in total. The standard InChI is InChI=1S/C69H116N12O10/c1-9-10-11-12-13-14-15-16-17-18-19-20-24-30-56(83)39-53(34-46(2)3)66(90)78-50(8)60(84)37-49(7)64(88)80-58(38-51-27-22-21-23-28-51)63(87)40-52(29-25-32-75-68(70)71)65(89)79-57(31-26-33-76-69(72)73)62(86)41-54(35-47(4)5)67(91)81-59(42-55-43-74-45-77-55)61(85)36-48(6)44-82/h21-23,27-28,43,45-50,52-54,57-59,82H,9-20,24-26,29-42,44H2,1-8H3,(H,74,77)(H,78,90)(H,79,89)(H,80,88)(H,81,91)(H4,70,71,75)(H4,72,73,76)/t48-,49+,50-,52+,53+,54+,57-,58-,59-/m0/s1. The number of aromatic nitrogens is 2. The van der Waals surface area contributed by atoms with Gasteiger partial charge in [0.25, 0.3) is 0 Å². The zero-order valence-electron chi connectivity index (χ0n) is 56.4. The van der Waals surface area contributed by atoms with Gasteiger partial charge in [0.2, 0.25) is 23.6 Å². The Hall–Kier alpha value is -6.84. The molecule has 91 heavy (non-hydrogen) atoms. The Morgan fingerprint density at radius 1 is 0.516 bits per heavy atom. The summed E-state index contributed by atoms with van der Waals surface area (Å²) in [7, 11) is 0. The van der Waals surface area contributed by atoms with Gasteiger partial charge in [-0.25, -0.2) is 4.98 Å². The van der Waals surface area contributed by atoms with Crippen molar-refractivity contribution in [3.63, 3.8) is 0 Å². The van der Waals surface area contributed by atoms with Gasteiger partial charge < -0.3 is 54.3 Å². The quantitative estimate of drug-likeness (QED) is 0.0172. The number of Topliss-reactive ketones (excluding diaryl/α,β-unsaturated/α-hetero) is 5. The third kappa shape index (κ3) is 36.1. The molecule has 0 radical (unpaired) electrons. The van der Waals surface area contributed by atoms with E-state index in [1.807, 2.05) is 33.8 Å². The number of amides is 4. The molecular formula is C69H116N12O10. The number of ketones is 5. The molecule has 2 rings (SSSR count). The Morgan fingerprint density at radius 2 is 0.989 bits per heavy atom. The van der Waals surface area contributed by atoms with E-state index in [-0.39, 0.29) is 137 Å². The van der Waals surface area contributed by atoms with E-state index in [4.69, 9.17) is 22.9 Å². The van der Waals surface area contributed by atoms with Gasteiger partial charge in [0.15, 0.2) is 35.1 Å². The number of hydrogen-bond acceptors (Lipinski definition) is 13. The van der Waals surface area contributed by atoms with Crippen LogP contribution in [-0.2, 0) is 56.0 Å². The zero-order chi connectivity index (χ0) is 67.7. The van der Waals surface area contributed by atoms with Crippen molar-refractivity contribution in [1.29, 1.82) is 0 Å². The summed E-state index contributed by atoms with van der Waals surface area (Å²) in [5.74, 6) is -8.08. The number of nitrogens with zero attached hydrogens (tertiary/aromatic N) is 3. The van der Waals surface area contributed by atoms with Crippen molar-refractivity contribution < 1.29 is 48.3 Å². The number of aliphatic hydroxyl groups excluding tert-OH is 1. The van der Waals surface area contributed by atoms with E-state index in [1.165, 1.54) is 64.1 Å². The van der Waals surface area contributed by atoms with Crippen molar-refractivity contribution in [3.8, 4) is 0 Å². The summed E-state index contributed by atoms with van der Waals surface area (Å²) in [6.07, 6.45) is 19.6. The molecule has 1 aromatic heterocycles. The lowest BCUT2D eigenvalue weighted by atomic mass is 9.87. The molecule has 0 fully saturated rings. The first-order valence-electron chi connectivity index (χ1n) is 33.9. The first kappa shape index (κ1) is 80.3. The van der Waals surface area contributed by atoms with Gasteiger partial charge in [-0.2, -0.15) is 0 Å². The van der Waals surface area contributed by atoms with E-state index >= 15 is 0 Å². The molecule has 512 valence electrons. The maximum Gasteiger partial charge on any atom is 0.224 e. The molecule has 2 aromatic rings. The molecule has 9 atom stereocenters. The van der Waals surface area contributed by atoms with Crippen molar-refractivity contribution in [2.45, 2.75) is 253 Å². The molecule has 1 heterocycles. The SMILES string of the molecule is CCCCCCCCCCCCCCCC(=O)C[C@@H](CC(C)C)C(=O)N[C@@H](C)C(=O)C[C@@H](C)C(=O)N[C@@H](Cc1ccccc1)C(=O)C[C@@H](CCCN=C(N)N)C(=O)N[C@@H](CCCN=C(N)N)C(=O)C[C@@H](CC(C)C)C(=O)N[C@@H](Cc1cnc[nH]1)C(=O)C[C@H](C)CO. The fraction of sp³-hybridized carbons (Fsp3) is 0.710. The highest BCUT2D eigenvalue weighted by Crippen LogP contribution is 2.24. The molecule has 0 saturated carbocycles. The van der Waals surface area contributed by atoms with Crippen LogP contribution in [0.5, 0.6) is 0 Å². The second-order valence-corrected chi connectivity index (χ2v) is 26.2. The van der Waals surface area contributed by atoms with Gasteiger partial charge in [-0.1, -0.05) is 156 Å². The number of nitrogens with two attached hydrogens (primary N) is 4. The van der Waals surface area contributed by atoms with Crippen LogP contribution in [0.2, 0.25) is 0 Å². The molecule has 0 aliphatic heterocycles. The van der Waals surface area contributed by atoms with Crippen LogP contribution in [-0.4, -0.2) is 123 Å². The van der Waals surface area contributed by atoms with Gasteiger partial charge in [0, 0.05) is 100 Å². The molecule has 4 amide bonds. The normalized spacial score (nSPS) is 14.4. The highest BCUT2D eigenvalue weighted by atomic mass is 16.3. The zero-order valence-corrected chi connectivity index (χ0v) is 56.4. The first-order valence-corrected chi connectivity index (χ1v) is 33.9. The maximum absolute atomic E-state index is 14.7. The minimum atomic E-state index is -1.18. The van der Waals surface area contributed by atoms with E-state index in [9.17, 15) is 48.3 Å². The molecular weight excluding hydrogens is 1160 g/mol. The third-order valence-electron chi connectivity index (χ3n) is 16.5. The van der Waals surface area contributed by atoms with Crippen molar-refractivity contribution in [3.05, 3.63) is 54.1 Å². The average Bonchev–Trinajstić information content (AvgIpc) is 2.71. The fourth-order valence-corrected chi connectivity index (χ4v) is 11.3. The number of aliphatic imine (C=N–C) groups is 2. The summed E-state index contributed by atoms with van der Waals surface area (Å²) < 4.78 is 0. The van der Waals surface area contributed by atoms with Gasteiger partial charge in [-0.15, -0.1) is 0 Å². The number of unbranched alkanes of at least 4 members (excludes halogenated alkanes) is 12. The minimum absolute atomic E-state index is 0.00525. The second kappa shape index (κ2) is 46.3. The predicted molar refractivity (Wildman–Crippen MR) is 359 cm³/mol. The molecule has 0 saturated heterocycles. The van der Waals surface area contributed by atoms with Gasteiger partial charge in [0.1, 0.15) is 5.78 Å². The molecule has 0 spiro atoms. The van der Waals surface area contributed by atoms with E-state index < -0.39 is 89.3 Å². The number of carbonyl (C=O) groups is 9. The number of aliphatic hydroxyl groups is 1. The van der Waals surface area contributed by atoms with Crippen molar-refractivity contribution in [1.82, 2.24) is 31.2 Å². The van der Waals surface area contributed by atoms with E-state index in [1.54, 1.807) is 51.2 Å². The van der Waals surface area contributed by atoms with Gasteiger partial charge >= 0.3 is 0 Å². The van der Waals surface area contributed by atoms with Crippen LogP contribution < -0.4 is 44.2 Å².